The predicted octanol–water partition coefficient (Wildman–Crippen LogP) is 2.38. The molecular weight excluding hydrogens is 324 g/mol. The Morgan fingerprint density at radius 3 is 2.73 bits per heavy atom. The van der Waals surface area contributed by atoms with Gasteiger partial charge in [-0.2, -0.15) is 9.57 Å². The summed E-state index contributed by atoms with van der Waals surface area (Å²) in [6, 6.07) is 5.55. The van der Waals surface area contributed by atoms with Crippen molar-refractivity contribution < 1.29 is 13.5 Å². The van der Waals surface area contributed by atoms with Crippen LogP contribution in [-0.2, 0) is 10.0 Å². The molecule has 1 N–H and O–H groups in total. The van der Waals surface area contributed by atoms with Gasteiger partial charge in [0.1, 0.15) is 6.07 Å². The van der Waals surface area contributed by atoms with Crippen molar-refractivity contribution in [2.45, 2.75) is 43.7 Å². The van der Waals surface area contributed by atoms with Gasteiger partial charge in [0.15, 0.2) is 0 Å². The number of aliphatic hydroxyl groups excluding tert-OH is 1. The van der Waals surface area contributed by atoms with Gasteiger partial charge in [-0.3, -0.25) is 0 Å². The molecule has 2 rings (SSSR count). The van der Waals surface area contributed by atoms with Crippen molar-refractivity contribution in [2.75, 3.05) is 6.54 Å². The molecule has 1 aromatic carbocycles. The molecule has 3 atom stereocenters. The molecule has 1 saturated heterocycles. The summed E-state index contributed by atoms with van der Waals surface area (Å²) < 4.78 is 27.0. The minimum absolute atomic E-state index is 0.0525. The van der Waals surface area contributed by atoms with Gasteiger partial charge in [0.25, 0.3) is 0 Å². The van der Waals surface area contributed by atoms with Gasteiger partial charge in [0, 0.05) is 6.54 Å². The number of nitrogens with zero attached hydrogens (tertiary/aromatic N) is 2. The van der Waals surface area contributed by atoms with Crippen LogP contribution in [0.2, 0.25) is 5.02 Å². The van der Waals surface area contributed by atoms with Crippen LogP contribution in [0, 0.1) is 17.2 Å². The normalized spacial score (nSPS) is 24.7. The Kier molecular flexibility index (Phi) is 5.13. The Hall–Kier alpha value is -1.13. The lowest BCUT2D eigenvalue weighted by Crippen LogP contribution is -2.50. The largest absolute Gasteiger partial charge is 0.392 e. The maximum Gasteiger partial charge on any atom is 0.243 e. The first kappa shape index (κ1) is 17.2. The predicted molar refractivity (Wildman–Crippen MR) is 83.9 cm³/mol. The van der Waals surface area contributed by atoms with Crippen molar-refractivity contribution in [1.82, 2.24) is 4.31 Å². The first-order chi connectivity index (χ1) is 10.3. The number of hydrogen-bond acceptors (Lipinski definition) is 4. The average molecular weight is 343 g/mol. The minimum atomic E-state index is -3.75. The Morgan fingerprint density at radius 2 is 2.18 bits per heavy atom. The number of piperidine rings is 1. The van der Waals surface area contributed by atoms with Crippen LogP contribution < -0.4 is 0 Å². The molecule has 1 aromatic rings. The van der Waals surface area contributed by atoms with Crippen LogP contribution in [0.3, 0.4) is 0 Å². The first-order valence-electron chi connectivity index (χ1n) is 7.17. The number of aliphatic hydroxyl groups is 1. The molecule has 0 amide bonds. The van der Waals surface area contributed by atoms with Crippen LogP contribution in [0.15, 0.2) is 23.1 Å². The molecule has 1 heterocycles. The van der Waals surface area contributed by atoms with E-state index < -0.39 is 22.2 Å². The lowest BCUT2D eigenvalue weighted by Gasteiger charge is -2.39. The van der Waals surface area contributed by atoms with E-state index in [1.54, 1.807) is 6.92 Å². The fourth-order valence-corrected chi connectivity index (χ4v) is 4.81. The third kappa shape index (κ3) is 3.28. The van der Waals surface area contributed by atoms with E-state index in [0.717, 1.165) is 6.42 Å². The summed E-state index contributed by atoms with van der Waals surface area (Å²) in [6.07, 6.45) is 0.638. The molecule has 0 bridgehead atoms. The van der Waals surface area contributed by atoms with E-state index in [-0.39, 0.29) is 15.5 Å². The molecule has 1 fully saturated rings. The maximum atomic E-state index is 12.8. The summed E-state index contributed by atoms with van der Waals surface area (Å²) in [5.74, 6) is 0.371. The highest BCUT2D eigenvalue weighted by atomic mass is 35.5. The molecule has 0 unspecified atom stereocenters. The molecule has 5 nitrogen and oxygen atoms in total. The zero-order valence-electron chi connectivity index (χ0n) is 12.5. The topological polar surface area (TPSA) is 81.4 Å². The van der Waals surface area contributed by atoms with Gasteiger partial charge in [-0.05, 0) is 43.9 Å². The quantitative estimate of drug-likeness (QED) is 0.914. The number of sulfonamides is 1. The molecule has 1 aliphatic heterocycles. The fourth-order valence-electron chi connectivity index (χ4n) is 2.78. The van der Waals surface area contributed by atoms with Gasteiger partial charge >= 0.3 is 0 Å². The fraction of sp³-hybridized carbons (Fsp3) is 0.533. The summed E-state index contributed by atoms with van der Waals surface area (Å²) in [5.41, 5.74) is 0.236. The molecule has 1 aliphatic rings. The molecule has 0 spiro atoms. The van der Waals surface area contributed by atoms with E-state index in [0.29, 0.717) is 18.9 Å². The second-order valence-electron chi connectivity index (χ2n) is 5.81. The zero-order valence-corrected chi connectivity index (χ0v) is 14.1. The van der Waals surface area contributed by atoms with Gasteiger partial charge < -0.3 is 5.11 Å². The van der Waals surface area contributed by atoms with Gasteiger partial charge in [-0.15, -0.1) is 0 Å². The first-order valence-corrected chi connectivity index (χ1v) is 8.98. The van der Waals surface area contributed by atoms with Crippen LogP contribution >= 0.6 is 11.6 Å². The number of benzene rings is 1. The Balaban J connectivity index is 2.40. The second kappa shape index (κ2) is 6.55. The highest BCUT2D eigenvalue weighted by molar-refractivity contribution is 7.89. The zero-order chi connectivity index (χ0) is 16.5. The lowest BCUT2D eigenvalue weighted by atomic mass is 9.92. The van der Waals surface area contributed by atoms with E-state index in [1.165, 1.54) is 22.5 Å². The van der Waals surface area contributed by atoms with Crippen LogP contribution in [0.25, 0.3) is 0 Å². The third-order valence-corrected chi connectivity index (χ3v) is 6.31. The molecular formula is C15H19ClN2O3S. The molecule has 22 heavy (non-hydrogen) atoms. The molecule has 7 heteroatoms. The Labute approximate surface area is 136 Å². The third-order valence-electron chi connectivity index (χ3n) is 4.08. The van der Waals surface area contributed by atoms with Gasteiger partial charge in [-0.25, -0.2) is 8.42 Å². The molecule has 0 aliphatic carbocycles. The number of rotatable bonds is 3. The van der Waals surface area contributed by atoms with Crippen molar-refractivity contribution in [3.63, 3.8) is 0 Å². The summed E-state index contributed by atoms with van der Waals surface area (Å²) in [6.45, 7) is 4.03. The van der Waals surface area contributed by atoms with Crippen molar-refractivity contribution in [3.8, 4) is 6.07 Å². The summed E-state index contributed by atoms with van der Waals surface area (Å²) in [4.78, 5) is 0.0525. The summed E-state index contributed by atoms with van der Waals surface area (Å²) in [5, 5.41) is 18.9. The van der Waals surface area contributed by atoms with E-state index in [2.05, 4.69) is 6.92 Å². The lowest BCUT2D eigenvalue weighted by molar-refractivity contribution is 0.0676. The maximum absolute atomic E-state index is 12.8. The Morgan fingerprint density at radius 1 is 1.50 bits per heavy atom. The van der Waals surface area contributed by atoms with Crippen molar-refractivity contribution in [3.05, 3.63) is 28.8 Å². The molecule has 0 radical (unpaired) electrons. The van der Waals surface area contributed by atoms with Crippen LogP contribution in [0.1, 0.15) is 32.3 Å². The number of hydrogen-bond donors (Lipinski definition) is 1. The standard InChI is InChI=1S/C15H19ClN2O3S/c1-10-5-6-18(15(7-10)11(2)19)22(20,21)13-4-3-12(9-17)14(16)8-13/h3-4,8,10-11,15,19H,5-7H2,1-2H3/t10-,11-,15-/m1/s1. The molecule has 120 valence electrons. The highest BCUT2D eigenvalue weighted by Gasteiger charge is 2.38. The Bertz CT molecular complexity index is 697. The van der Waals surface area contributed by atoms with Crippen LogP contribution in [0.4, 0.5) is 0 Å². The monoisotopic (exact) mass is 342 g/mol. The smallest absolute Gasteiger partial charge is 0.243 e. The second-order valence-corrected chi connectivity index (χ2v) is 8.10. The minimum Gasteiger partial charge on any atom is -0.392 e. The van der Waals surface area contributed by atoms with Gasteiger partial charge in [-0.1, -0.05) is 18.5 Å². The van der Waals surface area contributed by atoms with Crippen LogP contribution in [0.5, 0.6) is 0 Å². The number of nitriles is 1. The summed E-state index contributed by atoms with van der Waals surface area (Å²) in [7, 11) is -3.75. The van der Waals surface area contributed by atoms with Gasteiger partial charge in [0.2, 0.25) is 10.0 Å². The molecule has 0 saturated carbocycles. The van der Waals surface area contributed by atoms with Crippen LogP contribution in [-0.4, -0.2) is 36.5 Å². The van der Waals surface area contributed by atoms with E-state index >= 15 is 0 Å². The van der Waals surface area contributed by atoms with E-state index in [4.69, 9.17) is 16.9 Å². The van der Waals surface area contributed by atoms with E-state index in [1.807, 2.05) is 6.07 Å². The van der Waals surface area contributed by atoms with Crippen molar-refractivity contribution in [1.29, 1.82) is 5.26 Å². The van der Waals surface area contributed by atoms with E-state index in [9.17, 15) is 13.5 Å². The van der Waals surface area contributed by atoms with Gasteiger partial charge in [0.05, 0.1) is 27.6 Å². The average Bonchev–Trinajstić information content (AvgIpc) is 2.46. The highest BCUT2D eigenvalue weighted by Crippen LogP contribution is 2.31. The molecule has 0 aromatic heterocycles. The van der Waals surface area contributed by atoms with Crippen molar-refractivity contribution in [2.24, 2.45) is 5.92 Å². The van der Waals surface area contributed by atoms with Crippen molar-refractivity contribution >= 4 is 21.6 Å². The number of halogens is 1. The summed E-state index contributed by atoms with van der Waals surface area (Å²) >= 11 is 5.94. The SMILES string of the molecule is C[C@@H]1CCN(S(=O)(=O)c2ccc(C#N)c(Cl)c2)[C@@H]([C@@H](C)O)C1.